The van der Waals surface area contributed by atoms with E-state index in [1.807, 2.05) is 0 Å². The first-order valence-electron chi connectivity index (χ1n) is 10.1. The molecule has 1 amide bonds. The van der Waals surface area contributed by atoms with Gasteiger partial charge in [-0.25, -0.2) is 8.42 Å². The number of hydrogen-bond donors (Lipinski definition) is 1. The van der Waals surface area contributed by atoms with Crippen molar-refractivity contribution >= 4 is 38.4 Å². The second kappa shape index (κ2) is 9.45. The van der Waals surface area contributed by atoms with Gasteiger partial charge in [-0.15, -0.1) is 5.10 Å². The van der Waals surface area contributed by atoms with E-state index in [9.17, 15) is 18.0 Å². The zero-order chi connectivity index (χ0) is 23.5. The Morgan fingerprint density at radius 3 is 2.53 bits per heavy atom. The van der Waals surface area contributed by atoms with E-state index >= 15 is 0 Å². The van der Waals surface area contributed by atoms with Crippen LogP contribution >= 0.6 is 0 Å². The fraction of sp³-hybridized carbons (Fsp3) is 0.333. The summed E-state index contributed by atoms with van der Waals surface area (Å²) in [4.78, 5) is 30.8. The van der Waals surface area contributed by atoms with Gasteiger partial charge in [-0.05, 0) is 49.4 Å². The molecule has 3 aromatic rings. The normalized spacial score (nSPS) is 12.7. The highest BCUT2D eigenvalue weighted by atomic mass is 32.2. The maximum atomic E-state index is 12.8. The van der Waals surface area contributed by atoms with Crippen LogP contribution in [0.4, 0.5) is 5.69 Å². The number of fused-ring (bicyclic) bond motifs is 1. The topological polar surface area (TPSA) is 123 Å². The van der Waals surface area contributed by atoms with Crippen molar-refractivity contribution in [2.24, 2.45) is 0 Å². The number of carbonyl (C=O) groups is 2. The Morgan fingerprint density at radius 1 is 1.16 bits per heavy atom. The maximum Gasteiger partial charge on any atom is 0.267 e. The molecule has 11 heteroatoms. The van der Waals surface area contributed by atoms with Gasteiger partial charge < -0.3 is 10.2 Å². The van der Waals surface area contributed by atoms with Crippen LogP contribution in [-0.4, -0.2) is 58.8 Å². The SMILES string of the molecule is CCN(CC)S(=O)(=O)c1ccc2nnn(OC(C)C(=O)Nc3cccc(C(C)=O)c3)c2c1. The van der Waals surface area contributed by atoms with Crippen molar-refractivity contribution in [2.45, 2.75) is 38.7 Å². The van der Waals surface area contributed by atoms with Crippen LogP contribution in [0.2, 0.25) is 0 Å². The smallest absolute Gasteiger partial charge is 0.267 e. The summed E-state index contributed by atoms with van der Waals surface area (Å²) in [5.74, 6) is -0.587. The molecule has 0 spiro atoms. The van der Waals surface area contributed by atoms with Gasteiger partial charge in [-0.3, -0.25) is 9.59 Å². The minimum absolute atomic E-state index is 0.0824. The monoisotopic (exact) mass is 459 g/mol. The van der Waals surface area contributed by atoms with Crippen LogP contribution in [0.15, 0.2) is 47.4 Å². The third-order valence-corrected chi connectivity index (χ3v) is 6.94. The highest BCUT2D eigenvalue weighted by Crippen LogP contribution is 2.20. The van der Waals surface area contributed by atoms with Crippen molar-refractivity contribution in [3.63, 3.8) is 0 Å². The maximum absolute atomic E-state index is 12.8. The molecule has 1 aromatic heterocycles. The Balaban J connectivity index is 1.81. The van der Waals surface area contributed by atoms with Crippen molar-refractivity contribution in [2.75, 3.05) is 18.4 Å². The molecule has 0 fully saturated rings. The summed E-state index contributed by atoms with van der Waals surface area (Å²) in [6.45, 7) is 7.17. The van der Waals surface area contributed by atoms with Crippen LogP contribution in [0.1, 0.15) is 38.1 Å². The van der Waals surface area contributed by atoms with E-state index in [0.29, 0.717) is 35.4 Å². The fourth-order valence-electron chi connectivity index (χ4n) is 3.09. The predicted octanol–water partition coefficient (Wildman–Crippen LogP) is 2.12. The molecular formula is C21H25N5O5S. The van der Waals surface area contributed by atoms with Gasteiger partial charge in [0.05, 0.1) is 4.90 Å². The number of anilines is 1. The number of hydrogen-bond acceptors (Lipinski definition) is 7. The number of carbonyl (C=O) groups excluding carboxylic acids is 2. The van der Waals surface area contributed by atoms with E-state index in [4.69, 9.17) is 4.84 Å². The lowest BCUT2D eigenvalue weighted by Gasteiger charge is -2.18. The average molecular weight is 460 g/mol. The molecule has 0 bridgehead atoms. The molecule has 1 atom stereocenters. The highest BCUT2D eigenvalue weighted by molar-refractivity contribution is 7.89. The van der Waals surface area contributed by atoms with E-state index in [-0.39, 0.29) is 10.7 Å². The molecule has 170 valence electrons. The summed E-state index contributed by atoms with van der Waals surface area (Å²) in [5.41, 5.74) is 1.66. The third-order valence-electron chi connectivity index (χ3n) is 4.89. The molecule has 1 N–H and O–H groups in total. The van der Waals surface area contributed by atoms with Crippen molar-refractivity contribution in [3.8, 4) is 0 Å². The van der Waals surface area contributed by atoms with Crippen LogP contribution in [0.5, 0.6) is 0 Å². The summed E-state index contributed by atoms with van der Waals surface area (Å²) < 4.78 is 27.0. The van der Waals surface area contributed by atoms with Gasteiger partial charge in [0.1, 0.15) is 11.0 Å². The predicted molar refractivity (Wildman–Crippen MR) is 119 cm³/mol. The zero-order valence-electron chi connectivity index (χ0n) is 18.3. The number of rotatable bonds is 9. The van der Waals surface area contributed by atoms with Crippen LogP contribution in [0.3, 0.4) is 0 Å². The molecule has 0 radical (unpaired) electrons. The van der Waals surface area contributed by atoms with Crippen molar-refractivity contribution < 1.29 is 22.8 Å². The summed E-state index contributed by atoms with van der Waals surface area (Å²) in [6.07, 6.45) is -0.982. The number of aromatic nitrogens is 3. The molecule has 0 aliphatic carbocycles. The molecule has 3 rings (SSSR count). The lowest BCUT2D eigenvalue weighted by atomic mass is 10.1. The molecule has 0 aliphatic heterocycles. The van der Waals surface area contributed by atoms with Crippen LogP contribution in [-0.2, 0) is 14.8 Å². The van der Waals surface area contributed by atoms with Crippen LogP contribution < -0.4 is 10.2 Å². The van der Waals surface area contributed by atoms with Gasteiger partial charge in [0.2, 0.25) is 16.1 Å². The number of nitrogens with zero attached hydrogens (tertiary/aromatic N) is 4. The molecule has 0 saturated carbocycles. The highest BCUT2D eigenvalue weighted by Gasteiger charge is 2.24. The Kier molecular flexibility index (Phi) is 6.90. The summed E-state index contributed by atoms with van der Waals surface area (Å²) in [5, 5.41) is 10.5. The molecule has 1 unspecified atom stereocenters. The molecule has 2 aromatic carbocycles. The van der Waals surface area contributed by atoms with Crippen molar-refractivity contribution in [1.29, 1.82) is 0 Å². The number of ketones is 1. The van der Waals surface area contributed by atoms with Crippen molar-refractivity contribution in [3.05, 3.63) is 48.0 Å². The summed E-state index contributed by atoms with van der Waals surface area (Å²) >= 11 is 0. The standard InChI is InChI=1S/C21H25N5O5S/c1-5-25(6-2)32(29,30)18-10-11-19-20(13-18)26(24-23-19)31-15(4)21(28)22-17-9-7-8-16(12-17)14(3)27/h7-13,15H,5-6H2,1-4H3,(H,22,28). The van der Waals surface area contributed by atoms with E-state index in [1.54, 1.807) is 38.1 Å². The first-order chi connectivity index (χ1) is 15.2. The molecule has 0 saturated heterocycles. The minimum Gasteiger partial charge on any atom is -0.382 e. The second-order valence-electron chi connectivity index (χ2n) is 7.08. The third kappa shape index (κ3) is 4.78. The van der Waals surface area contributed by atoms with Crippen LogP contribution in [0, 0.1) is 0 Å². The van der Waals surface area contributed by atoms with Gasteiger partial charge in [0.15, 0.2) is 5.78 Å². The van der Waals surface area contributed by atoms with Crippen molar-refractivity contribution in [1.82, 2.24) is 19.5 Å². The number of nitrogens with one attached hydrogen (secondary N) is 1. The first kappa shape index (κ1) is 23.4. The zero-order valence-corrected chi connectivity index (χ0v) is 19.1. The van der Waals surface area contributed by atoms with E-state index in [1.165, 1.54) is 36.4 Å². The number of amides is 1. The van der Waals surface area contributed by atoms with Gasteiger partial charge in [-0.1, -0.05) is 30.8 Å². The Bertz CT molecular complexity index is 1250. The van der Waals surface area contributed by atoms with E-state index in [0.717, 1.165) is 4.85 Å². The quantitative estimate of drug-likeness (QED) is 0.486. The van der Waals surface area contributed by atoms with Crippen LogP contribution in [0.25, 0.3) is 11.0 Å². The molecule has 10 nitrogen and oxygen atoms in total. The fourth-order valence-corrected chi connectivity index (χ4v) is 4.56. The van der Waals surface area contributed by atoms with Gasteiger partial charge >= 0.3 is 0 Å². The van der Waals surface area contributed by atoms with Gasteiger partial charge in [0, 0.05) is 24.3 Å². The largest absolute Gasteiger partial charge is 0.382 e. The molecule has 1 heterocycles. The van der Waals surface area contributed by atoms with E-state index < -0.39 is 22.0 Å². The molecule has 32 heavy (non-hydrogen) atoms. The number of Topliss-reactive ketones (excluding diaryl/α,β-unsaturated/α-hetero) is 1. The molecule has 0 aliphatic rings. The summed E-state index contributed by atoms with van der Waals surface area (Å²) in [6, 6.07) is 11.0. The lowest BCUT2D eigenvalue weighted by Crippen LogP contribution is -2.35. The van der Waals surface area contributed by atoms with Gasteiger partial charge in [0.25, 0.3) is 5.91 Å². The number of benzene rings is 2. The first-order valence-corrected chi connectivity index (χ1v) is 11.6. The van der Waals surface area contributed by atoms with E-state index in [2.05, 4.69) is 15.6 Å². The molecular weight excluding hydrogens is 434 g/mol. The summed E-state index contributed by atoms with van der Waals surface area (Å²) in [7, 11) is -3.68. The minimum atomic E-state index is -3.68. The Labute approximate surface area is 186 Å². The average Bonchev–Trinajstić information content (AvgIpc) is 3.16. The lowest BCUT2D eigenvalue weighted by molar-refractivity contribution is -0.127. The Hall–Kier alpha value is -3.31. The number of sulfonamides is 1. The Morgan fingerprint density at radius 2 is 1.88 bits per heavy atom. The second-order valence-corrected chi connectivity index (χ2v) is 9.01. The van der Waals surface area contributed by atoms with Gasteiger partial charge in [-0.2, -0.15) is 4.31 Å².